The first-order valence-corrected chi connectivity index (χ1v) is 9.27. The highest BCUT2D eigenvalue weighted by atomic mass is 32.1. The van der Waals surface area contributed by atoms with Crippen LogP contribution in [0.2, 0.25) is 0 Å². The van der Waals surface area contributed by atoms with E-state index in [-0.39, 0.29) is 18.1 Å². The van der Waals surface area contributed by atoms with E-state index in [0.717, 1.165) is 16.9 Å². The molecule has 8 heteroatoms. The van der Waals surface area contributed by atoms with Crippen LogP contribution in [0.25, 0.3) is 0 Å². The maximum atomic E-state index is 12.2. The number of carbonyl (C=O) groups is 3. The van der Waals surface area contributed by atoms with Gasteiger partial charge in [0, 0.05) is 0 Å². The number of esters is 1. The molecule has 1 aromatic heterocycles. The highest BCUT2D eigenvalue weighted by molar-refractivity contribution is 7.14. The topological polar surface area (TPSA) is 108 Å². The van der Waals surface area contributed by atoms with Gasteiger partial charge < -0.3 is 20.5 Å². The van der Waals surface area contributed by atoms with Gasteiger partial charge in [-0.3, -0.25) is 9.59 Å². The zero-order chi connectivity index (χ0) is 20.0. The van der Waals surface area contributed by atoms with Gasteiger partial charge in [0.05, 0.1) is 5.56 Å². The molecule has 0 saturated heterocycles. The molecule has 144 valence electrons. The summed E-state index contributed by atoms with van der Waals surface area (Å²) in [7, 11) is 0. The summed E-state index contributed by atoms with van der Waals surface area (Å²) in [6.45, 7) is 5.18. The van der Waals surface area contributed by atoms with E-state index >= 15 is 0 Å². The summed E-state index contributed by atoms with van der Waals surface area (Å²) in [4.78, 5) is 35.4. The van der Waals surface area contributed by atoms with Gasteiger partial charge in [-0.1, -0.05) is 32.0 Å². The standard InChI is InChI=1S/C19H22N2O5S/c1-11(2)13-6-4-5-7-15(13)25-10-16(22)26-12(3)18(24)21-19-14(17(20)23)8-9-27-19/h4-9,11-12H,10H2,1-3H3,(H2,20,23)(H,21,24)/t12-/m0/s1. The fraction of sp³-hybridized carbons (Fsp3) is 0.316. The van der Waals surface area contributed by atoms with Crippen molar-refractivity contribution in [3.63, 3.8) is 0 Å². The molecule has 2 amide bonds. The summed E-state index contributed by atoms with van der Waals surface area (Å²) >= 11 is 1.16. The molecule has 0 fully saturated rings. The highest BCUT2D eigenvalue weighted by Crippen LogP contribution is 2.26. The second-order valence-electron chi connectivity index (χ2n) is 6.13. The lowest BCUT2D eigenvalue weighted by Crippen LogP contribution is -2.32. The quantitative estimate of drug-likeness (QED) is 0.674. The van der Waals surface area contributed by atoms with Gasteiger partial charge in [-0.2, -0.15) is 0 Å². The van der Waals surface area contributed by atoms with Gasteiger partial charge in [0.25, 0.3) is 11.8 Å². The lowest BCUT2D eigenvalue weighted by molar-refractivity contribution is -0.155. The van der Waals surface area contributed by atoms with Crippen molar-refractivity contribution in [3.05, 3.63) is 46.8 Å². The summed E-state index contributed by atoms with van der Waals surface area (Å²) in [5.74, 6) is -1.03. The number of para-hydroxylation sites is 1. The van der Waals surface area contributed by atoms with E-state index in [1.807, 2.05) is 32.0 Å². The van der Waals surface area contributed by atoms with Crippen LogP contribution in [0.1, 0.15) is 42.6 Å². The Morgan fingerprint density at radius 1 is 1.15 bits per heavy atom. The zero-order valence-corrected chi connectivity index (χ0v) is 16.2. The van der Waals surface area contributed by atoms with Crippen LogP contribution in [0.4, 0.5) is 5.00 Å². The zero-order valence-electron chi connectivity index (χ0n) is 15.4. The number of rotatable bonds is 8. The van der Waals surface area contributed by atoms with E-state index in [1.165, 1.54) is 13.0 Å². The number of nitrogens with two attached hydrogens (primary N) is 1. The van der Waals surface area contributed by atoms with Crippen LogP contribution in [0, 0.1) is 0 Å². The maximum Gasteiger partial charge on any atom is 0.344 e. The first-order valence-electron chi connectivity index (χ1n) is 8.39. The molecule has 1 aromatic carbocycles. The van der Waals surface area contributed by atoms with Crippen LogP contribution < -0.4 is 15.8 Å². The average Bonchev–Trinajstić information content (AvgIpc) is 3.08. The largest absolute Gasteiger partial charge is 0.482 e. The number of primary amides is 1. The van der Waals surface area contributed by atoms with Gasteiger partial charge in [0.2, 0.25) is 0 Å². The maximum absolute atomic E-state index is 12.2. The molecule has 0 radical (unpaired) electrons. The van der Waals surface area contributed by atoms with Crippen molar-refractivity contribution in [2.24, 2.45) is 5.73 Å². The molecule has 0 aliphatic rings. The predicted molar refractivity (Wildman–Crippen MR) is 103 cm³/mol. The highest BCUT2D eigenvalue weighted by Gasteiger charge is 2.21. The molecule has 1 atom stereocenters. The number of ether oxygens (including phenoxy) is 2. The SMILES string of the molecule is CC(C)c1ccccc1OCC(=O)O[C@@H](C)C(=O)Nc1sccc1C(N)=O. The Morgan fingerprint density at radius 2 is 1.85 bits per heavy atom. The third-order valence-corrected chi connectivity index (χ3v) is 4.56. The van der Waals surface area contributed by atoms with Crippen LogP contribution in [-0.4, -0.2) is 30.5 Å². The molecule has 0 aliphatic carbocycles. The molecule has 27 heavy (non-hydrogen) atoms. The Balaban J connectivity index is 1.89. The lowest BCUT2D eigenvalue weighted by Gasteiger charge is -2.15. The van der Waals surface area contributed by atoms with Crippen molar-refractivity contribution in [2.75, 3.05) is 11.9 Å². The van der Waals surface area contributed by atoms with Crippen molar-refractivity contribution in [3.8, 4) is 5.75 Å². The van der Waals surface area contributed by atoms with Gasteiger partial charge in [-0.15, -0.1) is 11.3 Å². The first-order chi connectivity index (χ1) is 12.8. The van der Waals surface area contributed by atoms with Gasteiger partial charge in [0.15, 0.2) is 12.7 Å². The van der Waals surface area contributed by atoms with E-state index in [4.69, 9.17) is 15.2 Å². The Morgan fingerprint density at radius 3 is 2.52 bits per heavy atom. The molecular weight excluding hydrogens is 368 g/mol. The van der Waals surface area contributed by atoms with Gasteiger partial charge in [-0.25, -0.2) is 4.79 Å². The monoisotopic (exact) mass is 390 g/mol. The predicted octanol–water partition coefficient (Wildman–Crippen LogP) is 2.92. The summed E-state index contributed by atoms with van der Waals surface area (Å²) in [6.07, 6.45) is -1.05. The van der Waals surface area contributed by atoms with Crippen molar-refractivity contribution in [1.29, 1.82) is 0 Å². The fourth-order valence-corrected chi connectivity index (χ4v) is 3.12. The van der Waals surface area contributed by atoms with Crippen LogP contribution in [0.3, 0.4) is 0 Å². The number of carbonyl (C=O) groups excluding carboxylic acids is 3. The van der Waals surface area contributed by atoms with Crippen molar-refractivity contribution in [1.82, 2.24) is 0 Å². The van der Waals surface area contributed by atoms with Gasteiger partial charge >= 0.3 is 5.97 Å². The number of amides is 2. The molecule has 0 bridgehead atoms. The number of nitrogens with one attached hydrogen (secondary N) is 1. The molecule has 7 nitrogen and oxygen atoms in total. The van der Waals surface area contributed by atoms with Gasteiger partial charge in [0.1, 0.15) is 10.8 Å². The Hall–Kier alpha value is -2.87. The second-order valence-corrected chi connectivity index (χ2v) is 7.05. The molecule has 0 aliphatic heterocycles. The number of benzene rings is 1. The molecule has 3 N–H and O–H groups in total. The summed E-state index contributed by atoms with van der Waals surface area (Å²) in [5.41, 5.74) is 6.42. The second kappa shape index (κ2) is 9.18. The van der Waals surface area contributed by atoms with E-state index < -0.39 is 23.9 Å². The summed E-state index contributed by atoms with van der Waals surface area (Å²) in [5, 5.41) is 4.48. The third kappa shape index (κ3) is 5.55. The van der Waals surface area contributed by atoms with Crippen molar-refractivity contribution < 1.29 is 23.9 Å². The molecule has 0 unspecified atom stereocenters. The number of anilines is 1. The van der Waals surface area contributed by atoms with Crippen molar-refractivity contribution >= 4 is 34.1 Å². The van der Waals surface area contributed by atoms with E-state index in [1.54, 1.807) is 11.4 Å². The third-order valence-electron chi connectivity index (χ3n) is 3.73. The molecule has 1 heterocycles. The fourth-order valence-electron chi connectivity index (χ4n) is 2.32. The lowest BCUT2D eigenvalue weighted by atomic mass is 10.0. The molecular formula is C19H22N2O5S. The summed E-state index contributed by atoms with van der Waals surface area (Å²) in [6, 6.07) is 8.94. The van der Waals surface area contributed by atoms with Crippen LogP contribution >= 0.6 is 11.3 Å². The molecule has 2 rings (SSSR count). The minimum Gasteiger partial charge on any atom is -0.482 e. The molecule has 2 aromatic rings. The van der Waals surface area contributed by atoms with Gasteiger partial charge in [-0.05, 0) is 35.9 Å². The van der Waals surface area contributed by atoms with E-state index in [2.05, 4.69) is 5.32 Å². The normalized spacial score (nSPS) is 11.7. The number of thiophene rings is 1. The van der Waals surface area contributed by atoms with E-state index in [0.29, 0.717) is 10.8 Å². The Bertz CT molecular complexity index is 831. The minimum atomic E-state index is -1.05. The van der Waals surface area contributed by atoms with Crippen LogP contribution in [-0.2, 0) is 14.3 Å². The number of hydrogen-bond acceptors (Lipinski definition) is 6. The molecule has 0 saturated carbocycles. The minimum absolute atomic E-state index is 0.209. The number of hydrogen-bond donors (Lipinski definition) is 2. The van der Waals surface area contributed by atoms with E-state index in [9.17, 15) is 14.4 Å². The Labute approximate surface area is 161 Å². The van der Waals surface area contributed by atoms with Crippen molar-refractivity contribution in [2.45, 2.75) is 32.8 Å². The van der Waals surface area contributed by atoms with Crippen LogP contribution in [0.5, 0.6) is 5.75 Å². The average molecular weight is 390 g/mol. The first kappa shape index (κ1) is 20.4. The summed E-state index contributed by atoms with van der Waals surface area (Å²) < 4.78 is 10.6. The molecule has 0 spiro atoms. The smallest absolute Gasteiger partial charge is 0.344 e. The Kier molecular flexibility index (Phi) is 6.95. The van der Waals surface area contributed by atoms with Crippen LogP contribution in [0.15, 0.2) is 35.7 Å².